The SMILES string of the molecule is CC(=O)c1ccc(S(=O)(=O)N(C)CC(=O)Nc2ccc(-c3n[nH]c(C)n3)cc2)cc1. The van der Waals surface area contributed by atoms with Crippen LogP contribution in [0.1, 0.15) is 23.1 Å². The zero-order valence-electron chi connectivity index (χ0n) is 16.7. The molecule has 3 aromatic rings. The molecule has 1 heterocycles. The monoisotopic (exact) mass is 427 g/mol. The van der Waals surface area contributed by atoms with Crippen molar-refractivity contribution >= 4 is 27.4 Å². The average Bonchev–Trinajstić information content (AvgIpc) is 3.14. The molecule has 0 fully saturated rings. The molecule has 0 spiro atoms. The predicted molar refractivity (Wildman–Crippen MR) is 111 cm³/mol. The van der Waals surface area contributed by atoms with Crippen LogP contribution in [0, 0.1) is 6.92 Å². The van der Waals surface area contributed by atoms with Crippen molar-refractivity contribution in [2.75, 3.05) is 18.9 Å². The second-order valence-electron chi connectivity index (χ2n) is 6.71. The molecule has 0 atom stereocenters. The van der Waals surface area contributed by atoms with E-state index in [0.717, 1.165) is 9.87 Å². The molecule has 2 aromatic carbocycles. The Kier molecular flexibility index (Phi) is 6.09. The molecule has 9 nitrogen and oxygen atoms in total. The number of carbonyl (C=O) groups excluding carboxylic acids is 2. The van der Waals surface area contributed by atoms with E-state index in [4.69, 9.17) is 0 Å². The lowest BCUT2D eigenvalue weighted by atomic mass is 10.2. The number of nitrogens with one attached hydrogen (secondary N) is 2. The Labute approximate surface area is 174 Å². The van der Waals surface area contributed by atoms with Gasteiger partial charge in [0.15, 0.2) is 11.6 Å². The standard InChI is InChI=1S/C20H21N5O4S/c1-13(26)15-6-10-18(11-7-15)30(28,29)25(3)12-19(27)22-17-8-4-16(5-9-17)20-21-14(2)23-24-20/h4-11H,12H2,1-3H3,(H,22,27)(H,21,23,24). The third kappa shape index (κ3) is 4.78. The molecule has 0 aliphatic heterocycles. The molecule has 0 radical (unpaired) electrons. The topological polar surface area (TPSA) is 125 Å². The first-order valence-corrected chi connectivity index (χ1v) is 10.5. The fourth-order valence-electron chi connectivity index (χ4n) is 2.70. The molecule has 30 heavy (non-hydrogen) atoms. The Hall–Kier alpha value is -3.37. The summed E-state index contributed by atoms with van der Waals surface area (Å²) in [6, 6.07) is 12.5. The highest BCUT2D eigenvalue weighted by Crippen LogP contribution is 2.19. The number of H-pyrrole nitrogens is 1. The van der Waals surface area contributed by atoms with Crippen molar-refractivity contribution in [2.45, 2.75) is 18.7 Å². The summed E-state index contributed by atoms with van der Waals surface area (Å²) in [6.45, 7) is 2.84. The number of ketones is 1. The van der Waals surface area contributed by atoms with Gasteiger partial charge in [-0.1, -0.05) is 12.1 Å². The van der Waals surface area contributed by atoms with E-state index < -0.39 is 15.9 Å². The summed E-state index contributed by atoms with van der Waals surface area (Å²) in [4.78, 5) is 27.9. The van der Waals surface area contributed by atoms with Gasteiger partial charge in [-0.05, 0) is 50.2 Å². The van der Waals surface area contributed by atoms with Crippen LogP contribution < -0.4 is 5.32 Å². The molecular weight excluding hydrogens is 406 g/mol. The third-order valence-corrected chi connectivity index (χ3v) is 6.18. The third-order valence-electron chi connectivity index (χ3n) is 4.36. The van der Waals surface area contributed by atoms with E-state index in [1.165, 1.54) is 38.2 Å². The summed E-state index contributed by atoms with van der Waals surface area (Å²) in [7, 11) is -2.55. The number of carbonyl (C=O) groups is 2. The zero-order valence-corrected chi connectivity index (χ0v) is 17.5. The number of likely N-dealkylation sites (N-methyl/N-ethyl adjacent to an activating group) is 1. The van der Waals surface area contributed by atoms with Crippen LogP contribution in [0.3, 0.4) is 0 Å². The van der Waals surface area contributed by atoms with E-state index in [1.807, 2.05) is 0 Å². The molecule has 0 aliphatic carbocycles. The van der Waals surface area contributed by atoms with Crippen molar-refractivity contribution < 1.29 is 18.0 Å². The van der Waals surface area contributed by atoms with Gasteiger partial charge < -0.3 is 5.32 Å². The van der Waals surface area contributed by atoms with Crippen molar-refractivity contribution in [1.29, 1.82) is 0 Å². The molecule has 10 heteroatoms. The van der Waals surface area contributed by atoms with Crippen LogP contribution in [0.4, 0.5) is 5.69 Å². The smallest absolute Gasteiger partial charge is 0.243 e. The highest BCUT2D eigenvalue weighted by Gasteiger charge is 2.23. The predicted octanol–water partition coefficient (Wildman–Crippen LogP) is 2.24. The van der Waals surface area contributed by atoms with Gasteiger partial charge in [0.1, 0.15) is 5.82 Å². The number of sulfonamides is 1. The van der Waals surface area contributed by atoms with E-state index in [0.29, 0.717) is 22.9 Å². The fraction of sp³-hybridized carbons (Fsp3) is 0.200. The van der Waals surface area contributed by atoms with Crippen LogP contribution in [0.2, 0.25) is 0 Å². The number of amides is 1. The highest BCUT2D eigenvalue weighted by molar-refractivity contribution is 7.89. The summed E-state index contributed by atoms with van der Waals surface area (Å²) < 4.78 is 26.3. The second-order valence-corrected chi connectivity index (χ2v) is 8.76. The van der Waals surface area contributed by atoms with Gasteiger partial charge in [0.2, 0.25) is 15.9 Å². The van der Waals surface area contributed by atoms with Crippen molar-refractivity contribution in [2.24, 2.45) is 0 Å². The second kappa shape index (κ2) is 8.56. The van der Waals surface area contributed by atoms with Crippen molar-refractivity contribution in [3.8, 4) is 11.4 Å². The zero-order chi connectivity index (χ0) is 21.9. The molecule has 2 N–H and O–H groups in total. The van der Waals surface area contributed by atoms with Gasteiger partial charge in [0.25, 0.3) is 0 Å². The lowest BCUT2D eigenvalue weighted by molar-refractivity contribution is -0.116. The number of aromatic nitrogens is 3. The molecule has 1 aromatic heterocycles. The van der Waals surface area contributed by atoms with Crippen molar-refractivity contribution in [3.05, 3.63) is 59.9 Å². The largest absolute Gasteiger partial charge is 0.325 e. The maximum atomic E-state index is 12.6. The summed E-state index contributed by atoms with van der Waals surface area (Å²) in [5.74, 6) is 0.605. The Morgan fingerprint density at radius 3 is 2.23 bits per heavy atom. The number of Topliss-reactive ketones (excluding diaryl/α,β-unsaturated/α-hetero) is 1. The molecule has 0 saturated carbocycles. The molecule has 0 saturated heterocycles. The van der Waals surface area contributed by atoms with Gasteiger partial charge in [-0.2, -0.15) is 9.40 Å². The summed E-state index contributed by atoms with van der Waals surface area (Å²) in [5.41, 5.74) is 1.72. The number of benzene rings is 2. The number of rotatable bonds is 7. The van der Waals surface area contributed by atoms with Crippen LogP contribution in [-0.2, 0) is 14.8 Å². The summed E-state index contributed by atoms with van der Waals surface area (Å²) in [5, 5.41) is 9.50. The number of aryl methyl sites for hydroxylation is 1. The van der Waals surface area contributed by atoms with E-state index in [2.05, 4.69) is 20.5 Å². The summed E-state index contributed by atoms with van der Waals surface area (Å²) >= 11 is 0. The minimum absolute atomic E-state index is 0.00829. The first kappa shape index (κ1) is 21.3. The van der Waals surface area contributed by atoms with Crippen LogP contribution in [0.25, 0.3) is 11.4 Å². The number of hydrogen-bond acceptors (Lipinski definition) is 6. The van der Waals surface area contributed by atoms with E-state index in [1.54, 1.807) is 31.2 Å². The number of nitrogens with zero attached hydrogens (tertiary/aromatic N) is 3. The number of anilines is 1. The molecule has 0 unspecified atom stereocenters. The van der Waals surface area contributed by atoms with Crippen molar-refractivity contribution in [3.63, 3.8) is 0 Å². The molecule has 156 valence electrons. The lowest BCUT2D eigenvalue weighted by Gasteiger charge is -2.17. The Bertz CT molecular complexity index is 1170. The number of aromatic amines is 1. The van der Waals surface area contributed by atoms with E-state index in [-0.39, 0.29) is 17.2 Å². The Balaban J connectivity index is 1.64. The Morgan fingerprint density at radius 1 is 1.07 bits per heavy atom. The molecule has 0 aliphatic rings. The van der Waals surface area contributed by atoms with E-state index in [9.17, 15) is 18.0 Å². The highest BCUT2D eigenvalue weighted by atomic mass is 32.2. The molecular formula is C20H21N5O4S. The quantitative estimate of drug-likeness (QED) is 0.557. The molecule has 0 bridgehead atoms. The van der Waals surface area contributed by atoms with Gasteiger partial charge in [-0.25, -0.2) is 13.4 Å². The van der Waals surface area contributed by atoms with Crippen LogP contribution >= 0.6 is 0 Å². The maximum Gasteiger partial charge on any atom is 0.243 e. The first-order chi connectivity index (χ1) is 14.2. The minimum atomic E-state index is -3.87. The Morgan fingerprint density at radius 2 is 1.70 bits per heavy atom. The van der Waals surface area contributed by atoms with Crippen LogP contribution in [0.5, 0.6) is 0 Å². The fourth-order valence-corrected chi connectivity index (χ4v) is 3.83. The first-order valence-electron chi connectivity index (χ1n) is 9.03. The summed E-state index contributed by atoms with van der Waals surface area (Å²) in [6.07, 6.45) is 0. The van der Waals surface area contributed by atoms with Gasteiger partial charge in [0.05, 0.1) is 11.4 Å². The van der Waals surface area contributed by atoms with Crippen molar-refractivity contribution in [1.82, 2.24) is 19.5 Å². The van der Waals surface area contributed by atoms with Gasteiger partial charge in [0, 0.05) is 23.9 Å². The lowest BCUT2D eigenvalue weighted by Crippen LogP contribution is -2.35. The van der Waals surface area contributed by atoms with Gasteiger partial charge in [-0.15, -0.1) is 0 Å². The average molecular weight is 427 g/mol. The minimum Gasteiger partial charge on any atom is -0.325 e. The van der Waals surface area contributed by atoms with E-state index >= 15 is 0 Å². The molecule has 3 rings (SSSR count). The van der Waals surface area contributed by atoms with Gasteiger partial charge in [-0.3, -0.25) is 14.7 Å². The number of hydrogen-bond donors (Lipinski definition) is 2. The maximum absolute atomic E-state index is 12.6. The van der Waals surface area contributed by atoms with Crippen LogP contribution in [-0.4, -0.2) is 53.2 Å². The van der Waals surface area contributed by atoms with Gasteiger partial charge >= 0.3 is 0 Å². The normalized spacial score (nSPS) is 11.5. The van der Waals surface area contributed by atoms with Crippen LogP contribution in [0.15, 0.2) is 53.4 Å². The molecule has 1 amide bonds.